The van der Waals surface area contributed by atoms with Crippen LogP contribution in [-0.2, 0) is 14.3 Å². The van der Waals surface area contributed by atoms with E-state index in [2.05, 4.69) is 26.8 Å². The van der Waals surface area contributed by atoms with Crippen molar-refractivity contribution >= 4 is 12.3 Å². The molecule has 0 amide bonds. The summed E-state index contributed by atoms with van der Waals surface area (Å²) in [5.41, 5.74) is -0.483. The molecule has 4 atom stereocenters. The maximum atomic E-state index is 11.9. The third kappa shape index (κ3) is 2.37. The number of carbonyl (C=O) groups excluding carboxylic acids is 1. The smallest absolute Gasteiger partial charge is 0.306 e. The van der Waals surface area contributed by atoms with Crippen molar-refractivity contribution in [3.8, 4) is 0 Å². The SMILES string of the molecule is CC1(C)CCC[C@@]2(C)[C@H]1CC=C(C=O)[C@]21CC[C@@](C)(CC(=O)O)O1. The van der Waals surface area contributed by atoms with Crippen LogP contribution in [0.5, 0.6) is 0 Å². The third-order valence-electron chi connectivity index (χ3n) is 7.27. The standard InChI is InChI=1S/C20H30O4/c1-17(2)8-5-9-19(4)15(17)7-6-14(13-21)20(19)11-10-18(3,24-20)12-16(22)23/h6,13,15H,5,7-12H2,1-4H3,(H,22,23)/t15-,18-,19-,20+/m0/s1. The molecule has 0 aromatic heterocycles. The molecule has 1 saturated heterocycles. The fourth-order valence-corrected chi connectivity index (χ4v) is 6.08. The predicted molar refractivity (Wildman–Crippen MR) is 91.7 cm³/mol. The molecular weight excluding hydrogens is 304 g/mol. The first kappa shape index (κ1) is 17.7. The van der Waals surface area contributed by atoms with Crippen molar-refractivity contribution in [1.82, 2.24) is 0 Å². The number of carboxylic acid groups (broad SMARTS) is 1. The van der Waals surface area contributed by atoms with Crippen molar-refractivity contribution in [3.63, 3.8) is 0 Å². The van der Waals surface area contributed by atoms with Gasteiger partial charge in [0.05, 0.1) is 12.0 Å². The number of aldehydes is 1. The molecule has 0 unspecified atom stereocenters. The Bertz CT molecular complexity index is 592. The largest absolute Gasteiger partial charge is 0.481 e. The lowest BCUT2D eigenvalue weighted by Gasteiger charge is -2.60. The second-order valence-corrected chi connectivity index (χ2v) is 9.27. The second kappa shape index (κ2) is 5.42. The quantitative estimate of drug-likeness (QED) is 0.788. The zero-order chi connectivity index (χ0) is 17.8. The molecule has 0 bridgehead atoms. The van der Waals surface area contributed by atoms with Crippen molar-refractivity contribution in [3.05, 3.63) is 11.6 Å². The lowest BCUT2D eigenvalue weighted by Crippen LogP contribution is -2.60. The van der Waals surface area contributed by atoms with E-state index in [4.69, 9.17) is 4.74 Å². The van der Waals surface area contributed by atoms with Gasteiger partial charge in [0.2, 0.25) is 0 Å². The monoisotopic (exact) mass is 334 g/mol. The number of rotatable bonds is 3. The summed E-state index contributed by atoms with van der Waals surface area (Å²) >= 11 is 0. The number of hydrogen-bond acceptors (Lipinski definition) is 3. The number of carbonyl (C=O) groups is 2. The first-order chi connectivity index (χ1) is 11.1. The number of hydrogen-bond donors (Lipinski definition) is 1. The van der Waals surface area contributed by atoms with E-state index in [9.17, 15) is 14.7 Å². The van der Waals surface area contributed by atoms with Gasteiger partial charge >= 0.3 is 5.97 Å². The van der Waals surface area contributed by atoms with Crippen LogP contribution in [0.25, 0.3) is 0 Å². The number of ether oxygens (including phenoxy) is 1. The summed E-state index contributed by atoms with van der Waals surface area (Å²) in [7, 11) is 0. The van der Waals surface area contributed by atoms with Gasteiger partial charge in [0.25, 0.3) is 0 Å². The van der Waals surface area contributed by atoms with E-state index in [1.807, 2.05) is 6.92 Å². The van der Waals surface area contributed by atoms with Gasteiger partial charge < -0.3 is 9.84 Å². The van der Waals surface area contributed by atoms with Gasteiger partial charge in [-0.15, -0.1) is 0 Å². The van der Waals surface area contributed by atoms with E-state index in [0.717, 1.165) is 37.5 Å². The van der Waals surface area contributed by atoms with Crippen LogP contribution < -0.4 is 0 Å². The Kier molecular flexibility index (Phi) is 3.99. The molecule has 24 heavy (non-hydrogen) atoms. The Balaban J connectivity index is 2.07. The fraction of sp³-hybridized carbons (Fsp3) is 0.800. The summed E-state index contributed by atoms with van der Waals surface area (Å²) in [5.74, 6) is -0.387. The number of carboxylic acids is 1. The van der Waals surface area contributed by atoms with Crippen LogP contribution in [0.1, 0.15) is 72.6 Å². The van der Waals surface area contributed by atoms with E-state index in [1.54, 1.807) is 0 Å². The van der Waals surface area contributed by atoms with E-state index in [1.165, 1.54) is 6.42 Å². The highest BCUT2D eigenvalue weighted by molar-refractivity contribution is 5.78. The van der Waals surface area contributed by atoms with Crippen LogP contribution in [0, 0.1) is 16.7 Å². The molecule has 134 valence electrons. The van der Waals surface area contributed by atoms with Crippen molar-refractivity contribution in [1.29, 1.82) is 0 Å². The fourth-order valence-electron chi connectivity index (χ4n) is 6.08. The zero-order valence-electron chi connectivity index (χ0n) is 15.4. The third-order valence-corrected chi connectivity index (χ3v) is 7.27. The second-order valence-electron chi connectivity index (χ2n) is 9.27. The van der Waals surface area contributed by atoms with E-state index >= 15 is 0 Å². The van der Waals surface area contributed by atoms with Crippen molar-refractivity contribution < 1.29 is 19.4 Å². The molecular formula is C20H30O4. The average Bonchev–Trinajstić information content (AvgIpc) is 2.79. The van der Waals surface area contributed by atoms with E-state index < -0.39 is 17.2 Å². The van der Waals surface area contributed by atoms with E-state index in [0.29, 0.717) is 12.3 Å². The van der Waals surface area contributed by atoms with Gasteiger partial charge in [0.15, 0.2) is 0 Å². The zero-order valence-corrected chi connectivity index (χ0v) is 15.4. The van der Waals surface area contributed by atoms with Crippen LogP contribution in [0.4, 0.5) is 0 Å². The molecule has 4 nitrogen and oxygen atoms in total. The number of fused-ring (bicyclic) bond motifs is 2. The maximum Gasteiger partial charge on any atom is 0.306 e. The molecule has 2 fully saturated rings. The van der Waals surface area contributed by atoms with Crippen LogP contribution >= 0.6 is 0 Å². The molecule has 2 aliphatic carbocycles. The van der Waals surface area contributed by atoms with Gasteiger partial charge in [-0.3, -0.25) is 9.59 Å². The summed E-state index contributed by atoms with van der Waals surface area (Å²) in [4.78, 5) is 23.2. The molecule has 4 heteroatoms. The van der Waals surface area contributed by atoms with Crippen molar-refractivity contribution in [2.75, 3.05) is 0 Å². The van der Waals surface area contributed by atoms with Gasteiger partial charge in [0, 0.05) is 11.0 Å². The number of aliphatic carboxylic acids is 1. The predicted octanol–water partition coefficient (Wildman–Crippen LogP) is 4.13. The molecule has 1 N–H and O–H groups in total. The Labute approximate surface area is 144 Å². The minimum Gasteiger partial charge on any atom is -0.481 e. The molecule has 0 radical (unpaired) electrons. The Morgan fingerprint density at radius 3 is 2.58 bits per heavy atom. The van der Waals surface area contributed by atoms with E-state index in [-0.39, 0.29) is 17.3 Å². The molecule has 3 rings (SSSR count). The molecule has 0 aromatic carbocycles. The summed E-state index contributed by atoms with van der Waals surface area (Å²) in [5, 5.41) is 9.26. The Morgan fingerprint density at radius 1 is 1.25 bits per heavy atom. The highest BCUT2D eigenvalue weighted by Gasteiger charge is 2.65. The van der Waals surface area contributed by atoms with Gasteiger partial charge in [-0.05, 0) is 50.4 Å². The lowest BCUT2D eigenvalue weighted by atomic mass is 9.46. The van der Waals surface area contributed by atoms with Crippen LogP contribution in [-0.4, -0.2) is 28.6 Å². The molecule has 1 heterocycles. The van der Waals surface area contributed by atoms with Gasteiger partial charge in [-0.1, -0.05) is 33.3 Å². The molecule has 3 aliphatic rings. The molecule has 1 aliphatic heterocycles. The minimum absolute atomic E-state index is 0.00890. The summed E-state index contributed by atoms with van der Waals surface area (Å²) in [6.07, 6.45) is 8.72. The lowest BCUT2D eigenvalue weighted by molar-refractivity contribution is -0.193. The highest BCUT2D eigenvalue weighted by Crippen LogP contribution is 2.66. The van der Waals surface area contributed by atoms with Crippen LogP contribution in [0.2, 0.25) is 0 Å². The van der Waals surface area contributed by atoms with Crippen LogP contribution in [0.3, 0.4) is 0 Å². The minimum atomic E-state index is -0.840. The maximum absolute atomic E-state index is 11.9. The topological polar surface area (TPSA) is 63.6 Å². The number of allylic oxidation sites excluding steroid dienone is 1. The highest BCUT2D eigenvalue weighted by atomic mass is 16.5. The molecule has 0 aromatic rings. The Hall–Kier alpha value is -1.16. The van der Waals surface area contributed by atoms with Crippen molar-refractivity contribution in [2.45, 2.75) is 83.8 Å². The van der Waals surface area contributed by atoms with Crippen LogP contribution in [0.15, 0.2) is 11.6 Å². The van der Waals surface area contributed by atoms with Crippen molar-refractivity contribution in [2.24, 2.45) is 16.7 Å². The summed E-state index contributed by atoms with van der Waals surface area (Å²) in [6, 6.07) is 0. The summed E-state index contributed by atoms with van der Waals surface area (Å²) < 4.78 is 6.58. The molecule has 1 spiro atoms. The molecule has 1 saturated carbocycles. The summed E-state index contributed by atoms with van der Waals surface area (Å²) in [6.45, 7) is 8.82. The first-order valence-corrected chi connectivity index (χ1v) is 9.16. The average molecular weight is 334 g/mol. The normalized spacial score (nSPS) is 44.0. The first-order valence-electron chi connectivity index (χ1n) is 9.16. The Morgan fingerprint density at radius 2 is 1.96 bits per heavy atom. The van der Waals surface area contributed by atoms with Gasteiger partial charge in [0.1, 0.15) is 11.9 Å². The van der Waals surface area contributed by atoms with Gasteiger partial charge in [-0.2, -0.15) is 0 Å². The van der Waals surface area contributed by atoms with Gasteiger partial charge in [-0.25, -0.2) is 0 Å².